The highest BCUT2D eigenvalue weighted by Gasteiger charge is 2.34. The Morgan fingerprint density at radius 3 is 2.52 bits per heavy atom. The molecule has 1 N–H and O–H groups in total. The third-order valence-electron chi connectivity index (χ3n) is 4.76. The predicted octanol–water partition coefficient (Wildman–Crippen LogP) is 4.07. The Morgan fingerprint density at radius 2 is 1.83 bits per heavy atom. The van der Waals surface area contributed by atoms with Gasteiger partial charge in [-0.25, -0.2) is 4.39 Å². The van der Waals surface area contributed by atoms with Crippen LogP contribution in [0.3, 0.4) is 0 Å². The lowest BCUT2D eigenvalue weighted by atomic mass is 10.1. The number of carbonyl (C=O) groups excluding carboxylic acids is 2. The second kappa shape index (κ2) is 7.71. The van der Waals surface area contributed by atoms with E-state index < -0.39 is 5.82 Å². The number of anilines is 2. The molecule has 0 bridgehead atoms. The van der Waals surface area contributed by atoms with Crippen molar-refractivity contribution in [2.45, 2.75) is 26.2 Å². The highest BCUT2D eigenvalue weighted by atomic mass is 32.1. The molecular weight excluding hydrogens is 391 g/mol. The third-order valence-corrected chi connectivity index (χ3v) is 5.76. The van der Waals surface area contributed by atoms with Gasteiger partial charge < -0.3 is 4.90 Å². The van der Waals surface area contributed by atoms with Crippen LogP contribution in [0.4, 0.5) is 15.2 Å². The monoisotopic (exact) mass is 410 g/mol. The summed E-state index contributed by atoms with van der Waals surface area (Å²) in [6, 6.07) is 11.3. The number of carbonyl (C=O) groups is 2. The molecule has 2 aromatic carbocycles. The summed E-state index contributed by atoms with van der Waals surface area (Å²) in [5.41, 5.74) is 3.44. The number of amides is 2. The Kier molecular flexibility index (Phi) is 5.10. The van der Waals surface area contributed by atoms with Crippen molar-refractivity contribution in [2.24, 2.45) is 0 Å². The molecule has 2 amide bonds. The van der Waals surface area contributed by atoms with Crippen molar-refractivity contribution >= 4 is 34.0 Å². The van der Waals surface area contributed by atoms with Gasteiger partial charge in [0, 0.05) is 30.1 Å². The number of nitrogens with zero attached hydrogens (tertiary/aromatic N) is 3. The summed E-state index contributed by atoms with van der Waals surface area (Å²) >= 11 is 1.25. The van der Waals surface area contributed by atoms with E-state index in [1.807, 2.05) is 26.0 Å². The Labute approximate surface area is 171 Å². The molecule has 0 aliphatic carbocycles. The van der Waals surface area contributed by atoms with Crippen molar-refractivity contribution in [3.05, 3.63) is 70.0 Å². The summed E-state index contributed by atoms with van der Waals surface area (Å²) in [4.78, 5) is 26.6. The molecule has 1 aliphatic rings. The van der Waals surface area contributed by atoms with Gasteiger partial charge in [-0.3, -0.25) is 14.9 Å². The molecule has 1 aliphatic heterocycles. The molecule has 29 heavy (non-hydrogen) atoms. The summed E-state index contributed by atoms with van der Waals surface area (Å²) in [6.45, 7) is 4.55. The van der Waals surface area contributed by atoms with Crippen LogP contribution in [0.15, 0.2) is 42.5 Å². The van der Waals surface area contributed by atoms with Gasteiger partial charge in [-0.05, 0) is 61.4 Å². The van der Waals surface area contributed by atoms with E-state index in [1.54, 1.807) is 4.90 Å². The lowest BCUT2D eigenvalue weighted by Crippen LogP contribution is -2.24. The van der Waals surface area contributed by atoms with Crippen molar-refractivity contribution in [1.29, 1.82) is 0 Å². The van der Waals surface area contributed by atoms with E-state index in [1.165, 1.54) is 35.6 Å². The highest BCUT2D eigenvalue weighted by molar-refractivity contribution is 7.15. The molecule has 0 saturated carbocycles. The first-order valence-electron chi connectivity index (χ1n) is 9.18. The van der Waals surface area contributed by atoms with E-state index in [2.05, 4.69) is 21.6 Å². The average molecular weight is 410 g/mol. The minimum absolute atomic E-state index is 0.0482. The summed E-state index contributed by atoms with van der Waals surface area (Å²) in [6.07, 6.45) is 0.355. The van der Waals surface area contributed by atoms with Crippen LogP contribution < -0.4 is 10.2 Å². The maximum absolute atomic E-state index is 13.0. The maximum atomic E-state index is 13.0. The molecule has 1 saturated heterocycles. The Morgan fingerprint density at radius 1 is 1.14 bits per heavy atom. The molecule has 2 heterocycles. The number of hydrogen-bond acceptors (Lipinski definition) is 5. The topological polar surface area (TPSA) is 75.2 Å². The van der Waals surface area contributed by atoms with Crippen molar-refractivity contribution in [1.82, 2.24) is 10.2 Å². The van der Waals surface area contributed by atoms with Crippen molar-refractivity contribution in [3.8, 4) is 0 Å². The first kappa shape index (κ1) is 19.2. The molecule has 148 valence electrons. The number of benzene rings is 2. The molecule has 0 radical (unpaired) electrons. The minimum Gasteiger partial charge on any atom is -0.312 e. The predicted molar refractivity (Wildman–Crippen MR) is 110 cm³/mol. The third kappa shape index (κ3) is 4.17. The highest BCUT2D eigenvalue weighted by Crippen LogP contribution is 2.35. The molecule has 8 heteroatoms. The SMILES string of the molecule is Cc1cc(C)cc(N2C[C@@H](c3nnc(NC(=O)c4ccc(F)cc4)s3)CC2=O)c1. The first-order chi connectivity index (χ1) is 13.9. The van der Waals surface area contributed by atoms with E-state index in [9.17, 15) is 14.0 Å². The van der Waals surface area contributed by atoms with Crippen molar-refractivity contribution in [3.63, 3.8) is 0 Å². The van der Waals surface area contributed by atoms with Gasteiger partial charge in [0.15, 0.2) is 0 Å². The summed E-state index contributed by atoms with van der Waals surface area (Å²) in [7, 11) is 0. The Bertz CT molecular complexity index is 1060. The fourth-order valence-electron chi connectivity index (χ4n) is 3.45. The van der Waals surface area contributed by atoms with Gasteiger partial charge in [0.2, 0.25) is 11.0 Å². The largest absolute Gasteiger partial charge is 0.312 e. The van der Waals surface area contributed by atoms with E-state index in [0.717, 1.165) is 16.8 Å². The second-order valence-corrected chi connectivity index (χ2v) is 8.17. The van der Waals surface area contributed by atoms with Crippen LogP contribution in [-0.2, 0) is 4.79 Å². The zero-order valence-corrected chi connectivity index (χ0v) is 16.8. The van der Waals surface area contributed by atoms with Crippen molar-refractivity contribution in [2.75, 3.05) is 16.8 Å². The second-order valence-electron chi connectivity index (χ2n) is 7.16. The molecule has 0 unspecified atom stereocenters. The van der Waals surface area contributed by atoms with Gasteiger partial charge in [0.25, 0.3) is 5.91 Å². The van der Waals surface area contributed by atoms with E-state index in [-0.39, 0.29) is 17.7 Å². The zero-order valence-electron chi connectivity index (χ0n) is 16.0. The standard InChI is InChI=1S/C21H19FN4O2S/c1-12-7-13(2)9-17(8-12)26-11-15(10-18(26)27)20-24-25-21(29-20)23-19(28)14-3-5-16(22)6-4-14/h3-9,15H,10-11H2,1-2H3,(H,23,25,28)/t15-/m0/s1. The molecule has 1 aromatic heterocycles. The van der Waals surface area contributed by atoms with Gasteiger partial charge in [-0.1, -0.05) is 17.4 Å². The molecule has 4 rings (SSSR count). The van der Waals surface area contributed by atoms with Crippen molar-refractivity contribution < 1.29 is 14.0 Å². The molecule has 6 nitrogen and oxygen atoms in total. The van der Waals surface area contributed by atoms with E-state index in [4.69, 9.17) is 0 Å². The van der Waals surface area contributed by atoms with Gasteiger partial charge in [0.05, 0.1) is 0 Å². The van der Waals surface area contributed by atoms with Crippen LogP contribution in [0, 0.1) is 19.7 Å². The van der Waals surface area contributed by atoms with Gasteiger partial charge >= 0.3 is 0 Å². The van der Waals surface area contributed by atoms with Crippen LogP contribution in [0.5, 0.6) is 0 Å². The zero-order chi connectivity index (χ0) is 20.5. The summed E-state index contributed by atoms with van der Waals surface area (Å²) < 4.78 is 13.0. The van der Waals surface area contributed by atoms with E-state index in [0.29, 0.717) is 28.7 Å². The van der Waals surface area contributed by atoms with E-state index >= 15 is 0 Å². The molecule has 3 aromatic rings. The Balaban J connectivity index is 1.46. The Hall–Kier alpha value is -3.13. The number of aryl methyl sites for hydroxylation is 2. The average Bonchev–Trinajstić information content (AvgIpc) is 3.28. The van der Waals surface area contributed by atoms with Gasteiger partial charge in [-0.2, -0.15) is 0 Å². The lowest BCUT2D eigenvalue weighted by molar-refractivity contribution is -0.117. The number of aromatic nitrogens is 2. The minimum atomic E-state index is -0.404. The fraction of sp³-hybridized carbons (Fsp3) is 0.238. The van der Waals surface area contributed by atoms with Crippen LogP contribution >= 0.6 is 11.3 Å². The molecular formula is C21H19FN4O2S. The quantitative estimate of drug-likeness (QED) is 0.704. The maximum Gasteiger partial charge on any atom is 0.257 e. The summed E-state index contributed by atoms with van der Waals surface area (Å²) in [5, 5.41) is 11.9. The molecule has 1 atom stereocenters. The normalized spacial score (nSPS) is 16.3. The first-order valence-corrected chi connectivity index (χ1v) is 9.99. The number of hydrogen-bond donors (Lipinski definition) is 1. The lowest BCUT2D eigenvalue weighted by Gasteiger charge is -2.17. The fourth-order valence-corrected chi connectivity index (χ4v) is 4.28. The van der Waals surface area contributed by atoms with Crippen LogP contribution in [0.25, 0.3) is 0 Å². The number of nitrogens with one attached hydrogen (secondary N) is 1. The van der Waals surface area contributed by atoms with Crippen LogP contribution in [-0.4, -0.2) is 28.6 Å². The van der Waals surface area contributed by atoms with Gasteiger partial charge in [0.1, 0.15) is 10.8 Å². The van der Waals surface area contributed by atoms with Crippen LogP contribution in [0.1, 0.15) is 38.8 Å². The van der Waals surface area contributed by atoms with Gasteiger partial charge in [-0.15, -0.1) is 10.2 Å². The molecule has 0 spiro atoms. The van der Waals surface area contributed by atoms with Crippen LogP contribution in [0.2, 0.25) is 0 Å². The molecule has 1 fully saturated rings. The number of halogens is 1. The smallest absolute Gasteiger partial charge is 0.257 e. The summed E-state index contributed by atoms with van der Waals surface area (Å²) in [5.74, 6) is -0.810. The number of rotatable bonds is 4.